The Balaban J connectivity index is 2.68. The van der Waals surface area contributed by atoms with Gasteiger partial charge in [0.1, 0.15) is 12.4 Å². The van der Waals surface area contributed by atoms with Gasteiger partial charge in [0.05, 0.1) is 17.8 Å². The van der Waals surface area contributed by atoms with Gasteiger partial charge in [0.2, 0.25) is 0 Å². The van der Waals surface area contributed by atoms with Gasteiger partial charge in [0, 0.05) is 6.54 Å². The predicted molar refractivity (Wildman–Crippen MR) is 70.5 cm³/mol. The van der Waals surface area contributed by atoms with Gasteiger partial charge in [-0.3, -0.25) is 0 Å². The van der Waals surface area contributed by atoms with E-state index in [2.05, 4.69) is 0 Å². The molecular weight excluding hydrogens is 271 g/mol. The Labute approximate surface area is 116 Å². The van der Waals surface area contributed by atoms with Crippen LogP contribution in [0.3, 0.4) is 0 Å². The quantitative estimate of drug-likeness (QED) is 0.846. The third-order valence-electron chi connectivity index (χ3n) is 2.49. The van der Waals surface area contributed by atoms with E-state index in [0.717, 1.165) is 6.07 Å². The van der Waals surface area contributed by atoms with Crippen LogP contribution in [0.1, 0.15) is 31.9 Å². The highest BCUT2D eigenvalue weighted by atomic mass is 19.4. The SMILES string of the molecule is CC(C)(C)OCCOc1ccc(CN)c(C(F)(F)F)c1. The van der Waals surface area contributed by atoms with E-state index in [4.69, 9.17) is 15.2 Å². The van der Waals surface area contributed by atoms with Crippen molar-refractivity contribution in [1.82, 2.24) is 0 Å². The topological polar surface area (TPSA) is 44.5 Å². The summed E-state index contributed by atoms with van der Waals surface area (Å²) >= 11 is 0. The smallest absolute Gasteiger partial charge is 0.416 e. The molecule has 114 valence electrons. The fraction of sp³-hybridized carbons (Fsp3) is 0.571. The van der Waals surface area contributed by atoms with Crippen LogP contribution in [0.4, 0.5) is 13.2 Å². The predicted octanol–water partition coefficient (Wildman–Crippen LogP) is 3.36. The van der Waals surface area contributed by atoms with Crippen LogP contribution >= 0.6 is 0 Å². The van der Waals surface area contributed by atoms with Crippen molar-refractivity contribution in [2.75, 3.05) is 13.2 Å². The summed E-state index contributed by atoms with van der Waals surface area (Å²) in [5.41, 5.74) is 4.30. The molecule has 1 rings (SSSR count). The second-order valence-electron chi connectivity index (χ2n) is 5.33. The Morgan fingerprint density at radius 1 is 1.10 bits per heavy atom. The lowest BCUT2D eigenvalue weighted by molar-refractivity contribution is -0.138. The van der Waals surface area contributed by atoms with Crippen molar-refractivity contribution in [2.24, 2.45) is 5.73 Å². The van der Waals surface area contributed by atoms with Crippen LogP contribution in [0.15, 0.2) is 18.2 Å². The summed E-state index contributed by atoms with van der Waals surface area (Å²) < 4.78 is 49.2. The minimum atomic E-state index is -4.43. The summed E-state index contributed by atoms with van der Waals surface area (Å²) in [5, 5.41) is 0. The molecule has 0 atom stereocenters. The molecule has 0 radical (unpaired) electrons. The van der Waals surface area contributed by atoms with Gasteiger partial charge in [-0.15, -0.1) is 0 Å². The van der Waals surface area contributed by atoms with Crippen molar-refractivity contribution >= 4 is 0 Å². The lowest BCUT2D eigenvalue weighted by Crippen LogP contribution is -2.22. The van der Waals surface area contributed by atoms with E-state index in [1.54, 1.807) is 0 Å². The van der Waals surface area contributed by atoms with Crippen LogP contribution in [-0.2, 0) is 17.5 Å². The Hall–Kier alpha value is -1.27. The summed E-state index contributed by atoms with van der Waals surface area (Å²) in [4.78, 5) is 0. The van der Waals surface area contributed by atoms with Crippen molar-refractivity contribution in [3.8, 4) is 5.75 Å². The molecule has 0 aliphatic carbocycles. The first-order valence-corrected chi connectivity index (χ1v) is 6.30. The molecule has 0 saturated carbocycles. The maximum Gasteiger partial charge on any atom is 0.416 e. The third kappa shape index (κ3) is 5.38. The molecule has 0 fully saturated rings. The van der Waals surface area contributed by atoms with Crippen molar-refractivity contribution < 1.29 is 22.6 Å². The molecule has 0 unspecified atom stereocenters. The number of nitrogens with two attached hydrogens (primary N) is 1. The van der Waals surface area contributed by atoms with Crippen molar-refractivity contribution in [1.29, 1.82) is 0 Å². The number of hydrogen-bond donors (Lipinski definition) is 1. The average molecular weight is 291 g/mol. The Morgan fingerprint density at radius 3 is 2.25 bits per heavy atom. The highest BCUT2D eigenvalue weighted by molar-refractivity contribution is 5.37. The normalized spacial score (nSPS) is 12.6. The second kappa shape index (κ2) is 6.45. The van der Waals surface area contributed by atoms with E-state index in [1.165, 1.54) is 12.1 Å². The maximum absolute atomic E-state index is 12.8. The highest BCUT2D eigenvalue weighted by Crippen LogP contribution is 2.34. The molecule has 0 heterocycles. The van der Waals surface area contributed by atoms with Crippen molar-refractivity contribution in [3.63, 3.8) is 0 Å². The lowest BCUT2D eigenvalue weighted by atomic mass is 10.1. The summed E-state index contributed by atoms with van der Waals surface area (Å²) in [6.45, 7) is 6.02. The zero-order valence-electron chi connectivity index (χ0n) is 11.9. The van der Waals surface area contributed by atoms with E-state index >= 15 is 0 Å². The van der Waals surface area contributed by atoms with Gasteiger partial charge in [-0.2, -0.15) is 13.2 Å². The molecule has 0 aliphatic rings. The molecule has 3 nitrogen and oxygen atoms in total. The zero-order chi connectivity index (χ0) is 15.4. The lowest BCUT2D eigenvalue weighted by Gasteiger charge is -2.20. The first kappa shape index (κ1) is 16.8. The molecule has 0 spiro atoms. The van der Waals surface area contributed by atoms with Crippen LogP contribution in [0, 0.1) is 0 Å². The second-order valence-corrected chi connectivity index (χ2v) is 5.33. The van der Waals surface area contributed by atoms with Crippen molar-refractivity contribution in [3.05, 3.63) is 29.3 Å². The van der Waals surface area contributed by atoms with Crippen LogP contribution in [0.25, 0.3) is 0 Å². The van der Waals surface area contributed by atoms with Crippen molar-refractivity contribution in [2.45, 2.75) is 39.1 Å². The summed E-state index contributed by atoms with van der Waals surface area (Å²) in [6.07, 6.45) is -4.43. The number of benzene rings is 1. The van der Waals surface area contributed by atoms with E-state index in [-0.39, 0.29) is 30.1 Å². The molecule has 2 N–H and O–H groups in total. The largest absolute Gasteiger partial charge is 0.491 e. The van der Waals surface area contributed by atoms with Gasteiger partial charge in [-0.05, 0) is 38.5 Å². The number of hydrogen-bond acceptors (Lipinski definition) is 3. The van der Waals surface area contributed by atoms with Gasteiger partial charge in [-0.1, -0.05) is 6.07 Å². The standard InChI is InChI=1S/C14H20F3NO2/c1-13(2,3)20-7-6-19-11-5-4-10(9-18)12(8-11)14(15,16)17/h4-5,8H,6-7,9,18H2,1-3H3. The molecular formula is C14H20F3NO2. The molecule has 6 heteroatoms. The molecule has 1 aromatic carbocycles. The molecule has 20 heavy (non-hydrogen) atoms. The van der Waals surface area contributed by atoms with Gasteiger partial charge in [0.15, 0.2) is 0 Å². The van der Waals surface area contributed by atoms with Crippen LogP contribution < -0.4 is 10.5 Å². The Kier molecular flexibility index (Phi) is 5.42. The van der Waals surface area contributed by atoms with Crippen LogP contribution in [0.5, 0.6) is 5.75 Å². The first-order chi connectivity index (χ1) is 9.13. The van der Waals surface area contributed by atoms with Gasteiger partial charge < -0.3 is 15.2 Å². The third-order valence-corrected chi connectivity index (χ3v) is 2.49. The number of rotatable bonds is 5. The van der Waals surface area contributed by atoms with Crippen LogP contribution in [0.2, 0.25) is 0 Å². The zero-order valence-corrected chi connectivity index (χ0v) is 11.9. The Bertz CT molecular complexity index is 439. The van der Waals surface area contributed by atoms with Gasteiger partial charge in [-0.25, -0.2) is 0 Å². The highest BCUT2D eigenvalue weighted by Gasteiger charge is 2.33. The molecule has 0 amide bonds. The average Bonchev–Trinajstić information content (AvgIpc) is 2.32. The van der Waals surface area contributed by atoms with E-state index in [0.29, 0.717) is 6.61 Å². The van der Waals surface area contributed by atoms with Crippen LogP contribution in [-0.4, -0.2) is 18.8 Å². The summed E-state index contributed by atoms with van der Waals surface area (Å²) in [5.74, 6) is 0.159. The van der Waals surface area contributed by atoms with E-state index < -0.39 is 11.7 Å². The summed E-state index contributed by atoms with van der Waals surface area (Å²) in [7, 11) is 0. The molecule has 0 bridgehead atoms. The van der Waals surface area contributed by atoms with E-state index in [1.807, 2.05) is 20.8 Å². The molecule has 0 saturated heterocycles. The molecule has 1 aromatic rings. The van der Waals surface area contributed by atoms with E-state index in [9.17, 15) is 13.2 Å². The number of halogens is 3. The van der Waals surface area contributed by atoms with Gasteiger partial charge >= 0.3 is 6.18 Å². The molecule has 0 aromatic heterocycles. The minimum Gasteiger partial charge on any atom is -0.491 e. The fourth-order valence-corrected chi connectivity index (χ4v) is 1.59. The minimum absolute atomic E-state index is 0.0517. The maximum atomic E-state index is 12.8. The fourth-order valence-electron chi connectivity index (χ4n) is 1.59. The first-order valence-electron chi connectivity index (χ1n) is 6.30. The molecule has 0 aliphatic heterocycles. The summed E-state index contributed by atoms with van der Waals surface area (Å²) in [6, 6.07) is 3.79. The Morgan fingerprint density at radius 2 is 1.75 bits per heavy atom. The number of alkyl halides is 3. The number of ether oxygens (including phenoxy) is 2. The monoisotopic (exact) mass is 291 g/mol. The van der Waals surface area contributed by atoms with Gasteiger partial charge in [0.25, 0.3) is 0 Å².